The van der Waals surface area contributed by atoms with E-state index >= 15 is 0 Å². The van der Waals surface area contributed by atoms with Crippen LogP contribution in [0.5, 0.6) is 0 Å². The van der Waals surface area contributed by atoms with Crippen molar-refractivity contribution in [2.45, 2.75) is 37.5 Å². The molecule has 2 aromatic carbocycles. The summed E-state index contributed by atoms with van der Waals surface area (Å²) in [7, 11) is 1.37. The number of alkyl carbamates (subject to hydrolysis) is 1. The van der Waals surface area contributed by atoms with Crippen molar-refractivity contribution in [2.24, 2.45) is 5.92 Å². The highest BCUT2D eigenvalue weighted by Gasteiger charge is 2.37. The fourth-order valence-electron chi connectivity index (χ4n) is 4.75. The lowest BCUT2D eigenvalue weighted by Crippen LogP contribution is -2.53. The second-order valence-electron chi connectivity index (χ2n) is 8.81. The van der Waals surface area contributed by atoms with E-state index in [1.165, 1.54) is 7.11 Å². The van der Waals surface area contributed by atoms with Crippen molar-refractivity contribution in [1.82, 2.24) is 10.6 Å². The van der Waals surface area contributed by atoms with Crippen molar-refractivity contribution in [3.63, 3.8) is 0 Å². The topological polar surface area (TPSA) is 123 Å². The lowest BCUT2D eigenvalue weighted by Gasteiger charge is -2.24. The summed E-state index contributed by atoms with van der Waals surface area (Å²) in [6, 6.07) is 15.0. The maximum absolute atomic E-state index is 12.7. The molecule has 1 saturated heterocycles. The zero-order valence-corrected chi connectivity index (χ0v) is 19.7. The highest BCUT2D eigenvalue weighted by molar-refractivity contribution is 5.87. The van der Waals surface area contributed by atoms with Gasteiger partial charge in [0.15, 0.2) is 6.04 Å². The average molecular weight is 483 g/mol. The minimum atomic E-state index is -1.20. The van der Waals surface area contributed by atoms with Crippen LogP contribution in [0.15, 0.2) is 48.5 Å². The molecule has 35 heavy (non-hydrogen) atoms. The first-order chi connectivity index (χ1) is 16.9. The first kappa shape index (κ1) is 24.7. The molecule has 9 heteroatoms. The Morgan fingerprint density at radius 2 is 1.71 bits per heavy atom. The van der Waals surface area contributed by atoms with Crippen LogP contribution in [0.2, 0.25) is 0 Å². The summed E-state index contributed by atoms with van der Waals surface area (Å²) in [5.41, 5.74) is 4.55. The largest absolute Gasteiger partial charge is 0.480 e. The van der Waals surface area contributed by atoms with Gasteiger partial charge in [0.2, 0.25) is 5.91 Å². The van der Waals surface area contributed by atoms with Gasteiger partial charge in [0, 0.05) is 32.1 Å². The van der Waals surface area contributed by atoms with Crippen molar-refractivity contribution in [2.75, 3.05) is 26.9 Å². The number of amides is 2. The van der Waals surface area contributed by atoms with Crippen LogP contribution in [0, 0.1) is 5.92 Å². The van der Waals surface area contributed by atoms with Gasteiger partial charge in [0.25, 0.3) is 0 Å². The Labute approximate surface area is 203 Å². The molecule has 0 spiro atoms. The molecule has 4 atom stereocenters. The number of nitrogens with one attached hydrogen (secondary N) is 2. The van der Waals surface area contributed by atoms with E-state index in [2.05, 4.69) is 34.9 Å². The lowest BCUT2D eigenvalue weighted by molar-refractivity contribution is -0.147. The molecule has 1 fully saturated rings. The number of hydrogen-bond acceptors (Lipinski definition) is 6. The normalized spacial score (nSPS) is 20.4. The van der Waals surface area contributed by atoms with Crippen molar-refractivity contribution < 1.29 is 33.7 Å². The Balaban J connectivity index is 1.31. The molecule has 4 rings (SSSR count). The van der Waals surface area contributed by atoms with E-state index in [1.807, 2.05) is 24.3 Å². The standard InChI is InChI=1S/C26H30N2O7/c1-15(33-2)22(25(30)31)28-24(29)23-16(11-12-34-23)13-27-26(32)35-14-21-19-9-5-3-7-17(19)18-8-4-6-10-20(18)21/h3-10,15-16,21-23H,11-14H2,1-2H3,(H,27,32)(H,28,29)(H,30,31)/t15-,16+,22+,23+/m1/s1. The van der Waals surface area contributed by atoms with Crippen LogP contribution in [0.4, 0.5) is 4.79 Å². The van der Waals surface area contributed by atoms with Gasteiger partial charge in [0.05, 0.1) is 6.10 Å². The SMILES string of the molecule is CO[C@H](C)[C@H](NC(=O)[C@H]1OCC[C@H]1CNC(=O)OCC1c2ccccc2-c2ccccc21)C(=O)O. The monoisotopic (exact) mass is 482 g/mol. The molecule has 1 heterocycles. The van der Waals surface area contributed by atoms with Crippen LogP contribution in [0.25, 0.3) is 11.1 Å². The van der Waals surface area contributed by atoms with E-state index < -0.39 is 36.2 Å². The van der Waals surface area contributed by atoms with E-state index in [-0.39, 0.29) is 25.0 Å². The third-order valence-electron chi connectivity index (χ3n) is 6.73. The van der Waals surface area contributed by atoms with Gasteiger partial charge in [-0.3, -0.25) is 4.79 Å². The van der Waals surface area contributed by atoms with Crippen LogP contribution in [-0.4, -0.2) is 68.2 Å². The number of aliphatic carboxylic acids is 1. The minimum Gasteiger partial charge on any atom is -0.480 e. The van der Waals surface area contributed by atoms with Crippen LogP contribution < -0.4 is 10.6 Å². The molecule has 0 unspecified atom stereocenters. The predicted octanol–water partition coefficient (Wildman–Crippen LogP) is 2.53. The Morgan fingerprint density at radius 3 is 2.31 bits per heavy atom. The predicted molar refractivity (Wildman–Crippen MR) is 127 cm³/mol. The summed E-state index contributed by atoms with van der Waals surface area (Å²) in [6.45, 7) is 2.27. The van der Waals surface area contributed by atoms with Gasteiger partial charge in [0.1, 0.15) is 12.7 Å². The molecule has 1 aliphatic carbocycles. The molecule has 2 aromatic rings. The van der Waals surface area contributed by atoms with E-state index in [0.717, 1.165) is 22.3 Å². The van der Waals surface area contributed by atoms with Crippen LogP contribution in [0.1, 0.15) is 30.4 Å². The Hall–Kier alpha value is -3.43. The van der Waals surface area contributed by atoms with Crippen molar-refractivity contribution in [3.05, 3.63) is 59.7 Å². The number of methoxy groups -OCH3 is 1. The van der Waals surface area contributed by atoms with Gasteiger partial charge < -0.3 is 30.0 Å². The van der Waals surface area contributed by atoms with Gasteiger partial charge in [-0.25, -0.2) is 9.59 Å². The van der Waals surface area contributed by atoms with Crippen molar-refractivity contribution in [1.29, 1.82) is 0 Å². The quantitative estimate of drug-likeness (QED) is 0.502. The molecule has 2 aliphatic rings. The summed E-state index contributed by atoms with van der Waals surface area (Å²) in [5.74, 6) is -2.09. The zero-order valence-electron chi connectivity index (χ0n) is 19.7. The Morgan fingerprint density at radius 1 is 1.09 bits per heavy atom. The summed E-state index contributed by atoms with van der Waals surface area (Å²) < 4.78 is 16.1. The number of carbonyl (C=O) groups is 3. The molecular formula is C26H30N2O7. The molecule has 0 aromatic heterocycles. The van der Waals surface area contributed by atoms with Crippen LogP contribution >= 0.6 is 0 Å². The number of carboxylic acid groups (broad SMARTS) is 1. The number of carboxylic acids is 1. The molecule has 9 nitrogen and oxygen atoms in total. The zero-order chi connectivity index (χ0) is 24.9. The third-order valence-corrected chi connectivity index (χ3v) is 6.73. The molecule has 3 N–H and O–H groups in total. The average Bonchev–Trinajstić information content (AvgIpc) is 3.47. The number of fused-ring (bicyclic) bond motifs is 3. The number of benzene rings is 2. The number of hydrogen-bond donors (Lipinski definition) is 3. The van der Waals surface area contributed by atoms with E-state index in [0.29, 0.717) is 13.0 Å². The fourth-order valence-corrected chi connectivity index (χ4v) is 4.75. The maximum Gasteiger partial charge on any atom is 0.407 e. The third kappa shape index (κ3) is 5.31. The molecule has 0 saturated carbocycles. The molecule has 0 bridgehead atoms. The second-order valence-corrected chi connectivity index (χ2v) is 8.81. The maximum atomic E-state index is 12.7. The van der Waals surface area contributed by atoms with Crippen LogP contribution in [-0.2, 0) is 23.8 Å². The number of carbonyl (C=O) groups excluding carboxylic acids is 2. The molecule has 0 radical (unpaired) electrons. The first-order valence-corrected chi connectivity index (χ1v) is 11.7. The van der Waals surface area contributed by atoms with Gasteiger partial charge >= 0.3 is 12.1 Å². The summed E-state index contributed by atoms with van der Waals surface area (Å²) in [5, 5.41) is 14.6. The van der Waals surface area contributed by atoms with Crippen LogP contribution in [0.3, 0.4) is 0 Å². The molecule has 186 valence electrons. The smallest absolute Gasteiger partial charge is 0.407 e. The molecule has 1 aliphatic heterocycles. The van der Waals surface area contributed by atoms with E-state index in [4.69, 9.17) is 14.2 Å². The van der Waals surface area contributed by atoms with Crippen molar-refractivity contribution in [3.8, 4) is 11.1 Å². The number of rotatable bonds is 9. The Kier molecular flexibility index (Phi) is 7.67. The molecular weight excluding hydrogens is 452 g/mol. The van der Waals surface area contributed by atoms with Gasteiger partial charge in [-0.05, 0) is 35.6 Å². The summed E-state index contributed by atoms with van der Waals surface area (Å²) in [4.78, 5) is 36.6. The highest BCUT2D eigenvalue weighted by atomic mass is 16.5. The van der Waals surface area contributed by atoms with Gasteiger partial charge in [-0.1, -0.05) is 48.5 Å². The van der Waals surface area contributed by atoms with E-state index in [1.54, 1.807) is 6.92 Å². The first-order valence-electron chi connectivity index (χ1n) is 11.7. The molecule has 2 amide bonds. The minimum absolute atomic E-state index is 0.0442. The summed E-state index contributed by atoms with van der Waals surface area (Å²) >= 11 is 0. The van der Waals surface area contributed by atoms with E-state index in [9.17, 15) is 19.5 Å². The summed E-state index contributed by atoms with van der Waals surface area (Å²) in [6.07, 6.45) is -1.60. The highest BCUT2D eigenvalue weighted by Crippen LogP contribution is 2.44. The van der Waals surface area contributed by atoms with Gasteiger partial charge in [-0.2, -0.15) is 0 Å². The lowest BCUT2D eigenvalue weighted by atomic mass is 9.98. The van der Waals surface area contributed by atoms with Crippen molar-refractivity contribution >= 4 is 18.0 Å². The Bertz CT molecular complexity index is 1040. The number of ether oxygens (including phenoxy) is 3. The fraction of sp³-hybridized carbons (Fsp3) is 0.423. The van der Waals surface area contributed by atoms with Gasteiger partial charge in [-0.15, -0.1) is 0 Å². The second kappa shape index (κ2) is 10.9.